The lowest BCUT2D eigenvalue weighted by Gasteiger charge is -2.36. The van der Waals surface area contributed by atoms with Crippen LogP contribution in [-0.4, -0.2) is 25.0 Å². The van der Waals surface area contributed by atoms with Crippen molar-refractivity contribution in [3.05, 3.63) is 35.4 Å². The minimum absolute atomic E-state index is 0.788. The summed E-state index contributed by atoms with van der Waals surface area (Å²) >= 11 is 0. The molecule has 1 aromatic carbocycles. The Labute approximate surface area is 108 Å². The molecule has 0 saturated carbocycles. The van der Waals surface area contributed by atoms with Gasteiger partial charge in [0.15, 0.2) is 0 Å². The fourth-order valence-corrected chi connectivity index (χ4v) is 1.75. The van der Waals surface area contributed by atoms with Gasteiger partial charge in [-0.15, -0.1) is 0 Å². The Bertz CT molecular complexity index is 270. The Morgan fingerprint density at radius 2 is 1.47 bits per heavy atom. The lowest BCUT2D eigenvalue weighted by molar-refractivity contribution is 0.190. The topological polar surface area (TPSA) is 3.24 Å². The highest BCUT2D eigenvalue weighted by atomic mass is 15.2. The largest absolute Gasteiger partial charge is 0.305 e. The van der Waals surface area contributed by atoms with Crippen LogP contribution in [0.25, 0.3) is 0 Å². The van der Waals surface area contributed by atoms with Crippen LogP contribution in [0.5, 0.6) is 0 Å². The monoisotopic (exact) mass is 235 g/mol. The maximum atomic E-state index is 2.35. The van der Waals surface area contributed by atoms with E-state index in [4.69, 9.17) is 0 Å². The van der Waals surface area contributed by atoms with Gasteiger partial charge in [-0.25, -0.2) is 0 Å². The van der Waals surface area contributed by atoms with Crippen LogP contribution in [0.2, 0.25) is 0 Å². The second kappa shape index (κ2) is 9.23. The van der Waals surface area contributed by atoms with Crippen LogP contribution in [0.3, 0.4) is 0 Å². The van der Waals surface area contributed by atoms with Gasteiger partial charge in [0.05, 0.1) is 0 Å². The normalized spacial score (nSPS) is 14.9. The number of likely N-dealkylation sites (tertiary alicyclic amines) is 1. The van der Waals surface area contributed by atoms with Crippen molar-refractivity contribution in [2.45, 2.75) is 47.0 Å². The lowest BCUT2D eigenvalue weighted by atomic mass is 9.92. The minimum Gasteiger partial charge on any atom is -0.305 e. The van der Waals surface area contributed by atoms with Crippen molar-refractivity contribution in [3.8, 4) is 0 Å². The van der Waals surface area contributed by atoms with E-state index in [2.05, 4.69) is 57.0 Å². The Kier molecular flexibility index (Phi) is 8.79. The van der Waals surface area contributed by atoms with E-state index in [1.807, 2.05) is 13.8 Å². The van der Waals surface area contributed by atoms with Crippen molar-refractivity contribution in [2.24, 2.45) is 0 Å². The highest BCUT2D eigenvalue weighted by Gasteiger charge is 2.23. The summed E-state index contributed by atoms with van der Waals surface area (Å²) in [7, 11) is 2.17. The maximum absolute atomic E-state index is 2.35. The first-order valence-corrected chi connectivity index (χ1v) is 6.92. The van der Waals surface area contributed by atoms with Gasteiger partial charge in [-0.3, -0.25) is 0 Å². The SMILES string of the molecule is CC.CCC.Cc1ccc(C2CN(C)C2)cc1. The van der Waals surface area contributed by atoms with Gasteiger partial charge in [0.2, 0.25) is 0 Å². The number of likely N-dealkylation sites (N-methyl/N-ethyl adjacent to an activating group) is 1. The van der Waals surface area contributed by atoms with Crippen molar-refractivity contribution in [1.82, 2.24) is 4.90 Å². The predicted octanol–water partition coefficient (Wildman–Crippen LogP) is 4.47. The van der Waals surface area contributed by atoms with Gasteiger partial charge in [0.1, 0.15) is 0 Å². The van der Waals surface area contributed by atoms with Gasteiger partial charge >= 0.3 is 0 Å². The standard InChI is InChI=1S/C11H15N.C3H8.C2H6/c1-9-3-5-10(6-4-9)11-7-12(2)8-11;1-3-2;1-2/h3-6,11H,7-8H2,1-2H3;3H2,1-2H3;1-2H3. The summed E-state index contributed by atoms with van der Waals surface area (Å²) in [5.41, 5.74) is 2.85. The molecule has 0 radical (unpaired) electrons. The Hall–Kier alpha value is -0.820. The molecule has 0 aromatic heterocycles. The molecule has 2 rings (SSSR count). The lowest BCUT2D eigenvalue weighted by Crippen LogP contribution is -2.41. The van der Waals surface area contributed by atoms with Gasteiger partial charge in [0.25, 0.3) is 0 Å². The molecule has 0 spiro atoms. The van der Waals surface area contributed by atoms with Crippen LogP contribution in [0.15, 0.2) is 24.3 Å². The zero-order valence-corrected chi connectivity index (χ0v) is 12.5. The molecule has 0 N–H and O–H groups in total. The second-order valence-electron chi connectivity index (χ2n) is 4.54. The molecule has 17 heavy (non-hydrogen) atoms. The third kappa shape index (κ3) is 5.88. The van der Waals surface area contributed by atoms with Crippen LogP contribution < -0.4 is 0 Å². The van der Waals surface area contributed by atoms with E-state index in [-0.39, 0.29) is 0 Å². The number of hydrogen-bond donors (Lipinski definition) is 0. The smallest absolute Gasteiger partial charge is 0.00933 e. The summed E-state index contributed by atoms with van der Waals surface area (Å²) in [6.45, 7) is 12.8. The Balaban J connectivity index is 0.000000450. The number of benzene rings is 1. The zero-order valence-electron chi connectivity index (χ0n) is 12.5. The summed E-state index contributed by atoms with van der Waals surface area (Å²) in [4.78, 5) is 2.35. The quantitative estimate of drug-likeness (QED) is 0.694. The van der Waals surface area contributed by atoms with Crippen LogP contribution in [-0.2, 0) is 0 Å². The fourth-order valence-electron chi connectivity index (χ4n) is 1.75. The molecule has 0 atom stereocenters. The summed E-state index contributed by atoms with van der Waals surface area (Å²) in [5.74, 6) is 0.788. The molecule has 1 heteroatoms. The van der Waals surface area contributed by atoms with E-state index < -0.39 is 0 Å². The molecule has 1 aliphatic heterocycles. The molecular weight excluding hydrogens is 206 g/mol. The molecule has 98 valence electrons. The fraction of sp³-hybridized carbons (Fsp3) is 0.625. The van der Waals surface area contributed by atoms with Crippen LogP contribution >= 0.6 is 0 Å². The highest BCUT2D eigenvalue weighted by Crippen LogP contribution is 2.25. The first-order valence-electron chi connectivity index (χ1n) is 6.92. The summed E-state index contributed by atoms with van der Waals surface area (Å²) in [6.07, 6.45) is 1.25. The van der Waals surface area contributed by atoms with Gasteiger partial charge < -0.3 is 4.90 Å². The molecular formula is C16H29N. The van der Waals surface area contributed by atoms with E-state index in [9.17, 15) is 0 Å². The average Bonchev–Trinajstić information content (AvgIpc) is 2.30. The van der Waals surface area contributed by atoms with Gasteiger partial charge in [0, 0.05) is 19.0 Å². The molecule has 1 aliphatic rings. The van der Waals surface area contributed by atoms with Crippen LogP contribution in [0.4, 0.5) is 0 Å². The van der Waals surface area contributed by atoms with Crippen molar-refractivity contribution in [3.63, 3.8) is 0 Å². The molecule has 0 bridgehead atoms. The Morgan fingerprint density at radius 1 is 1.06 bits per heavy atom. The van der Waals surface area contributed by atoms with Gasteiger partial charge in [-0.05, 0) is 19.5 Å². The average molecular weight is 235 g/mol. The van der Waals surface area contributed by atoms with E-state index in [0.29, 0.717) is 0 Å². The van der Waals surface area contributed by atoms with Crippen molar-refractivity contribution in [2.75, 3.05) is 20.1 Å². The maximum Gasteiger partial charge on any atom is 0.00933 e. The van der Waals surface area contributed by atoms with Crippen molar-refractivity contribution >= 4 is 0 Å². The van der Waals surface area contributed by atoms with E-state index >= 15 is 0 Å². The van der Waals surface area contributed by atoms with E-state index in [1.54, 1.807) is 0 Å². The first kappa shape index (κ1) is 16.2. The zero-order chi connectivity index (χ0) is 13.3. The highest BCUT2D eigenvalue weighted by molar-refractivity contribution is 5.26. The van der Waals surface area contributed by atoms with Crippen molar-refractivity contribution in [1.29, 1.82) is 0 Å². The molecule has 1 saturated heterocycles. The molecule has 1 nitrogen and oxygen atoms in total. The predicted molar refractivity (Wildman–Crippen MR) is 78.7 cm³/mol. The number of nitrogens with zero attached hydrogens (tertiary/aromatic N) is 1. The second-order valence-corrected chi connectivity index (χ2v) is 4.54. The third-order valence-corrected chi connectivity index (χ3v) is 2.61. The van der Waals surface area contributed by atoms with Crippen LogP contribution in [0, 0.1) is 6.92 Å². The number of hydrogen-bond acceptors (Lipinski definition) is 1. The molecule has 1 aromatic rings. The number of aryl methyl sites for hydroxylation is 1. The third-order valence-electron chi connectivity index (χ3n) is 2.61. The molecule has 0 unspecified atom stereocenters. The minimum atomic E-state index is 0.788. The molecule has 0 amide bonds. The molecule has 1 fully saturated rings. The van der Waals surface area contributed by atoms with E-state index in [1.165, 1.54) is 30.6 Å². The van der Waals surface area contributed by atoms with E-state index in [0.717, 1.165) is 5.92 Å². The van der Waals surface area contributed by atoms with Crippen LogP contribution in [0.1, 0.15) is 51.2 Å². The summed E-state index contributed by atoms with van der Waals surface area (Å²) in [5, 5.41) is 0. The molecule has 0 aliphatic carbocycles. The Morgan fingerprint density at radius 3 is 1.82 bits per heavy atom. The van der Waals surface area contributed by atoms with Crippen molar-refractivity contribution < 1.29 is 0 Å². The summed E-state index contributed by atoms with van der Waals surface area (Å²) < 4.78 is 0. The van der Waals surface area contributed by atoms with Gasteiger partial charge in [-0.1, -0.05) is 63.9 Å². The number of rotatable bonds is 1. The molecule has 1 heterocycles. The summed E-state index contributed by atoms with van der Waals surface area (Å²) in [6, 6.07) is 8.92. The van der Waals surface area contributed by atoms with Gasteiger partial charge in [-0.2, -0.15) is 0 Å². The first-order chi connectivity index (χ1) is 8.17.